The smallest absolute Gasteiger partial charge is 0.0499 e. The second kappa shape index (κ2) is 5.87. The highest BCUT2D eigenvalue weighted by Crippen LogP contribution is 2.43. The Kier molecular flexibility index (Phi) is 4.13. The van der Waals surface area contributed by atoms with E-state index in [2.05, 4.69) is 36.5 Å². The summed E-state index contributed by atoms with van der Waals surface area (Å²) in [7, 11) is 0. The first-order valence-electron chi connectivity index (χ1n) is 8.13. The van der Waals surface area contributed by atoms with Gasteiger partial charge in [-0.25, -0.2) is 0 Å². The molecule has 0 aliphatic heterocycles. The minimum Gasteiger partial charge on any atom is -0.396 e. The van der Waals surface area contributed by atoms with Gasteiger partial charge in [0, 0.05) is 24.6 Å². The molecule has 3 rings (SSSR count). The summed E-state index contributed by atoms with van der Waals surface area (Å²) in [5, 5.41) is 13.5. The lowest BCUT2D eigenvalue weighted by atomic mass is 9.86. The predicted molar refractivity (Wildman–Crippen MR) is 82.6 cm³/mol. The van der Waals surface area contributed by atoms with E-state index in [1.54, 1.807) is 0 Å². The highest BCUT2D eigenvalue weighted by atomic mass is 16.3. The lowest BCUT2D eigenvalue weighted by Crippen LogP contribution is -2.37. The van der Waals surface area contributed by atoms with Crippen LogP contribution >= 0.6 is 0 Å². The largest absolute Gasteiger partial charge is 0.396 e. The zero-order chi connectivity index (χ0) is 14.0. The van der Waals surface area contributed by atoms with Crippen molar-refractivity contribution in [2.75, 3.05) is 13.2 Å². The average Bonchev–Trinajstić information content (AvgIpc) is 3.19. The minimum absolute atomic E-state index is 0.151. The van der Waals surface area contributed by atoms with E-state index < -0.39 is 0 Å². The molecule has 0 saturated heterocycles. The molecule has 0 bridgehead atoms. The summed E-state index contributed by atoms with van der Waals surface area (Å²) in [6.45, 7) is 3.45. The van der Waals surface area contributed by atoms with Gasteiger partial charge in [0.2, 0.25) is 0 Å². The summed E-state index contributed by atoms with van der Waals surface area (Å²) in [6.07, 6.45) is 7.61. The number of benzene rings is 1. The van der Waals surface area contributed by atoms with Gasteiger partial charge in [-0.05, 0) is 44.1 Å². The van der Waals surface area contributed by atoms with E-state index in [0.717, 1.165) is 12.5 Å². The minimum atomic E-state index is 0.151. The average molecular weight is 273 g/mol. The van der Waals surface area contributed by atoms with Crippen LogP contribution in [-0.2, 0) is 0 Å². The van der Waals surface area contributed by atoms with Crippen molar-refractivity contribution in [3.8, 4) is 0 Å². The fourth-order valence-corrected chi connectivity index (χ4v) is 3.60. The molecule has 2 saturated carbocycles. The summed E-state index contributed by atoms with van der Waals surface area (Å²) in [5.74, 6) is 0.801. The van der Waals surface area contributed by atoms with Crippen molar-refractivity contribution in [3.05, 3.63) is 35.4 Å². The highest BCUT2D eigenvalue weighted by Gasteiger charge is 2.37. The molecule has 2 aliphatic carbocycles. The van der Waals surface area contributed by atoms with Gasteiger partial charge in [-0.15, -0.1) is 0 Å². The quantitative estimate of drug-likeness (QED) is 0.830. The Morgan fingerprint density at radius 1 is 1.20 bits per heavy atom. The molecule has 1 aromatic rings. The molecule has 2 fully saturated rings. The zero-order valence-corrected chi connectivity index (χ0v) is 12.6. The van der Waals surface area contributed by atoms with Crippen LogP contribution in [-0.4, -0.2) is 18.3 Å². The van der Waals surface area contributed by atoms with Crippen molar-refractivity contribution >= 4 is 0 Å². The molecule has 2 aliphatic rings. The van der Waals surface area contributed by atoms with Crippen molar-refractivity contribution in [1.29, 1.82) is 0 Å². The van der Waals surface area contributed by atoms with E-state index in [1.807, 2.05) is 0 Å². The van der Waals surface area contributed by atoms with E-state index in [-0.39, 0.29) is 5.41 Å². The third kappa shape index (κ3) is 3.07. The van der Waals surface area contributed by atoms with Gasteiger partial charge in [-0.3, -0.25) is 0 Å². The first kappa shape index (κ1) is 14.1. The van der Waals surface area contributed by atoms with E-state index in [4.69, 9.17) is 0 Å². The Morgan fingerprint density at radius 2 is 1.85 bits per heavy atom. The van der Waals surface area contributed by atoms with Gasteiger partial charge in [0.15, 0.2) is 0 Å². The van der Waals surface area contributed by atoms with Gasteiger partial charge < -0.3 is 10.4 Å². The molecule has 1 aromatic carbocycles. The van der Waals surface area contributed by atoms with Crippen LogP contribution in [0.15, 0.2) is 24.3 Å². The number of aryl methyl sites for hydroxylation is 1. The summed E-state index contributed by atoms with van der Waals surface area (Å²) in [5.41, 5.74) is 2.90. The Morgan fingerprint density at radius 3 is 2.40 bits per heavy atom. The monoisotopic (exact) mass is 273 g/mol. The van der Waals surface area contributed by atoms with Crippen LogP contribution in [0, 0.1) is 18.3 Å². The highest BCUT2D eigenvalue weighted by molar-refractivity contribution is 5.25. The van der Waals surface area contributed by atoms with E-state index >= 15 is 0 Å². The second-order valence-electron chi connectivity index (χ2n) is 6.97. The van der Waals surface area contributed by atoms with Gasteiger partial charge in [0.05, 0.1) is 0 Å². The molecule has 0 heterocycles. The third-order valence-electron chi connectivity index (χ3n) is 5.23. The lowest BCUT2D eigenvalue weighted by molar-refractivity contribution is 0.123. The Balaban J connectivity index is 1.67. The van der Waals surface area contributed by atoms with Gasteiger partial charge in [-0.2, -0.15) is 0 Å². The van der Waals surface area contributed by atoms with Gasteiger partial charge in [0.1, 0.15) is 0 Å². The summed E-state index contributed by atoms with van der Waals surface area (Å²) in [4.78, 5) is 0. The summed E-state index contributed by atoms with van der Waals surface area (Å²) in [6, 6.07) is 9.45. The fourth-order valence-electron chi connectivity index (χ4n) is 3.60. The number of hydrogen-bond acceptors (Lipinski definition) is 2. The van der Waals surface area contributed by atoms with Crippen molar-refractivity contribution < 1.29 is 5.11 Å². The Labute approximate surface area is 122 Å². The number of aliphatic hydroxyl groups excluding tert-OH is 1. The number of rotatable bonds is 6. The SMILES string of the molecule is Cc1ccc(C(NCC2(CO)CCCC2)C2CC2)cc1. The van der Waals surface area contributed by atoms with Crippen molar-refractivity contribution in [2.24, 2.45) is 11.3 Å². The van der Waals surface area contributed by atoms with Crippen LogP contribution in [0.4, 0.5) is 0 Å². The number of nitrogens with one attached hydrogen (secondary N) is 1. The molecule has 2 nitrogen and oxygen atoms in total. The van der Waals surface area contributed by atoms with Gasteiger partial charge in [-0.1, -0.05) is 42.7 Å². The van der Waals surface area contributed by atoms with Crippen molar-refractivity contribution in [1.82, 2.24) is 5.32 Å². The molecule has 0 radical (unpaired) electrons. The van der Waals surface area contributed by atoms with Crippen LogP contribution in [0.5, 0.6) is 0 Å². The molecule has 110 valence electrons. The molecule has 0 spiro atoms. The maximum absolute atomic E-state index is 9.75. The fraction of sp³-hybridized carbons (Fsp3) is 0.667. The zero-order valence-electron chi connectivity index (χ0n) is 12.6. The van der Waals surface area contributed by atoms with Gasteiger partial charge in [0.25, 0.3) is 0 Å². The summed E-state index contributed by atoms with van der Waals surface area (Å²) < 4.78 is 0. The first-order valence-corrected chi connectivity index (χ1v) is 8.13. The molecule has 1 atom stereocenters. The molecular weight excluding hydrogens is 246 g/mol. The summed E-state index contributed by atoms with van der Waals surface area (Å²) >= 11 is 0. The molecule has 1 unspecified atom stereocenters. The third-order valence-corrected chi connectivity index (χ3v) is 5.23. The van der Waals surface area contributed by atoms with Crippen LogP contribution in [0.2, 0.25) is 0 Å². The topological polar surface area (TPSA) is 32.3 Å². The molecule has 2 heteroatoms. The van der Waals surface area contributed by atoms with Crippen molar-refractivity contribution in [2.45, 2.75) is 51.5 Å². The first-order chi connectivity index (χ1) is 9.72. The standard InChI is InChI=1S/C18H27NO/c1-14-4-6-15(7-5-14)17(16-8-9-16)19-12-18(13-20)10-2-3-11-18/h4-7,16-17,19-20H,2-3,8-13H2,1H3. The molecule has 20 heavy (non-hydrogen) atoms. The van der Waals surface area contributed by atoms with E-state index in [9.17, 15) is 5.11 Å². The lowest BCUT2D eigenvalue weighted by Gasteiger charge is -2.30. The predicted octanol–water partition coefficient (Wildman–Crippen LogP) is 3.59. The Bertz CT molecular complexity index is 429. The maximum Gasteiger partial charge on any atom is 0.0499 e. The van der Waals surface area contributed by atoms with Crippen LogP contribution in [0.3, 0.4) is 0 Å². The van der Waals surface area contributed by atoms with Crippen LogP contribution < -0.4 is 5.32 Å². The molecule has 2 N–H and O–H groups in total. The van der Waals surface area contributed by atoms with Crippen molar-refractivity contribution in [3.63, 3.8) is 0 Å². The molecule has 0 aromatic heterocycles. The number of hydrogen-bond donors (Lipinski definition) is 2. The number of aliphatic hydroxyl groups is 1. The second-order valence-corrected chi connectivity index (χ2v) is 6.97. The molecular formula is C18H27NO. The van der Waals surface area contributed by atoms with Gasteiger partial charge >= 0.3 is 0 Å². The Hall–Kier alpha value is -0.860. The van der Waals surface area contributed by atoms with Crippen LogP contribution in [0.25, 0.3) is 0 Å². The molecule has 0 amide bonds. The van der Waals surface area contributed by atoms with E-state index in [1.165, 1.54) is 49.7 Å². The van der Waals surface area contributed by atoms with E-state index in [0.29, 0.717) is 12.6 Å². The van der Waals surface area contributed by atoms with Crippen LogP contribution in [0.1, 0.15) is 55.7 Å². The maximum atomic E-state index is 9.75. The normalized spacial score (nSPS) is 22.9.